The number of amides is 4. The van der Waals surface area contributed by atoms with Crippen LogP contribution in [0.4, 0.5) is 16.2 Å². The predicted molar refractivity (Wildman–Crippen MR) is 125 cm³/mol. The molecule has 0 saturated carbocycles. The Morgan fingerprint density at radius 1 is 0.788 bits per heavy atom. The van der Waals surface area contributed by atoms with Gasteiger partial charge in [0, 0.05) is 11.6 Å². The summed E-state index contributed by atoms with van der Waals surface area (Å²) in [4.78, 5) is 42.2. The standard InChI is InChI=1S/C26H22N2O5/c1-3-33-23-17-21(32-2)15-14-18(23)16-22-24(29)27(19-10-6-4-7-11-19)26(31)28(25(22)30)20-12-8-5-9-13-20/h4-17H,3H2,1-2H3. The molecule has 0 unspecified atom stereocenters. The summed E-state index contributed by atoms with van der Waals surface area (Å²) in [6, 6.07) is 21.4. The molecule has 33 heavy (non-hydrogen) atoms. The van der Waals surface area contributed by atoms with Gasteiger partial charge in [0.25, 0.3) is 11.8 Å². The lowest BCUT2D eigenvalue weighted by Gasteiger charge is -2.34. The van der Waals surface area contributed by atoms with Crippen molar-refractivity contribution < 1.29 is 23.9 Å². The van der Waals surface area contributed by atoms with E-state index in [4.69, 9.17) is 9.47 Å². The normalized spacial score (nSPS) is 13.9. The summed E-state index contributed by atoms with van der Waals surface area (Å²) in [5.41, 5.74) is 1.09. The average Bonchev–Trinajstić information content (AvgIpc) is 2.84. The number of para-hydroxylation sites is 2. The lowest BCUT2D eigenvalue weighted by molar-refractivity contribution is -0.121. The summed E-state index contributed by atoms with van der Waals surface area (Å²) >= 11 is 0. The van der Waals surface area contributed by atoms with Gasteiger partial charge in [-0.25, -0.2) is 14.6 Å². The predicted octanol–water partition coefficient (Wildman–Crippen LogP) is 4.68. The molecule has 3 aromatic carbocycles. The number of urea groups is 1. The Bertz CT molecular complexity index is 1160. The number of rotatable bonds is 6. The molecule has 0 aliphatic carbocycles. The Balaban J connectivity index is 1.87. The van der Waals surface area contributed by atoms with E-state index in [0.717, 1.165) is 9.80 Å². The summed E-state index contributed by atoms with van der Waals surface area (Å²) in [6.07, 6.45) is 1.45. The molecule has 7 heteroatoms. The Hall–Kier alpha value is -4.39. The zero-order valence-electron chi connectivity index (χ0n) is 18.2. The van der Waals surface area contributed by atoms with Crippen LogP contribution in [0.3, 0.4) is 0 Å². The third-order valence-electron chi connectivity index (χ3n) is 5.10. The van der Waals surface area contributed by atoms with Crippen LogP contribution in [0, 0.1) is 0 Å². The van der Waals surface area contributed by atoms with Gasteiger partial charge in [0.15, 0.2) is 0 Å². The molecule has 1 aliphatic rings. The SMILES string of the molecule is CCOc1cc(OC)ccc1C=C1C(=O)N(c2ccccc2)C(=O)N(c2ccccc2)C1=O. The van der Waals surface area contributed by atoms with Crippen molar-refractivity contribution in [3.8, 4) is 11.5 Å². The minimum atomic E-state index is -0.737. The molecule has 0 spiro atoms. The van der Waals surface area contributed by atoms with Gasteiger partial charge in [-0.15, -0.1) is 0 Å². The summed E-state index contributed by atoms with van der Waals surface area (Å²) in [7, 11) is 1.54. The first-order valence-corrected chi connectivity index (χ1v) is 10.4. The molecule has 4 amide bonds. The zero-order valence-corrected chi connectivity index (χ0v) is 18.2. The van der Waals surface area contributed by atoms with Crippen LogP contribution >= 0.6 is 0 Å². The van der Waals surface area contributed by atoms with Gasteiger partial charge < -0.3 is 9.47 Å². The maximum absolute atomic E-state index is 13.4. The van der Waals surface area contributed by atoms with Crippen LogP contribution in [0.15, 0.2) is 84.4 Å². The molecular formula is C26H22N2O5. The molecule has 1 fully saturated rings. The first kappa shape index (κ1) is 21.8. The van der Waals surface area contributed by atoms with E-state index in [9.17, 15) is 14.4 Å². The van der Waals surface area contributed by atoms with Gasteiger partial charge in [0.2, 0.25) is 0 Å². The second kappa shape index (κ2) is 9.40. The van der Waals surface area contributed by atoms with Crippen molar-refractivity contribution in [1.82, 2.24) is 0 Å². The van der Waals surface area contributed by atoms with Crippen molar-refractivity contribution in [1.29, 1.82) is 0 Å². The largest absolute Gasteiger partial charge is 0.497 e. The maximum atomic E-state index is 13.4. The fraction of sp³-hybridized carbons (Fsp3) is 0.115. The van der Waals surface area contributed by atoms with E-state index in [2.05, 4.69) is 0 Å². The maximum Gasteiger partial charge on any atom is 0.343 e. The van der Waals surface area contributed by atoms with E-state index in [1.165, 1.54) is 6.08 Å². The van der Waals surface area contributed by atoms with Crippen molar-refractivity contribution in [2.45, 2.75) is 6.92 Å². The Kier molecular flexibility index (Phi) is 6.22. The molecule has 0 bridgehead atoms. The Morgan fingerprint density at radius 3 is 1.82 bits per heavy atom. The topological polar surface area (TPSA) is 76.2 Å². The number of hydrogen-bond donors (Lipinski definition) is 0. The third-order valence-corrected chi connectivity index (χ3v) is 5.10. The molecule has 7 nitrogen and oxygen atoms in total. The lowest BCUT2D eigenvalue weighted by Crippen LogP contribution is -2.57. The van der Waals surface area contributed by atoms with Crippen LogP contribution < -0.4 is 19.3 Å². The van der Waals surface area contributed by atoms with Crippen LogP contribution in [0.2, 0.25) is 0 Å². The first-order chi connectivity index (χ1) is 16.0. The van der Waals surface area contributed by atoms with Crippen molar-refractivity contribution in [2.24, 2.45) is 0 Å². The first-order valence-electron chi connectivity index (χ1n) is 10.4. The van der Waals surface area contributed by atoms with Crippen molar-refractivity contribution in [3.63, 3.8) is 0 Å². The molecule has 1 heterocycles. The highest BCUT2D eigenvalue weighted by Crippen LogP contribution is 2.32. The Labute approximate surface area is 191 Å². The van der Waals surface area contributed by atoms with Gasteiger partial charge in [-0.05, 0) is 49.4 Å². The van der Waals surface area contributed by atoms with Gasteiger partial charge in [0.1, 0.15) is 17.1 Å². The molecular weight excluding hydrogens is 420 g/mol. The molecule has 166 valence electrons. The van der Waals surface area contributed by atoms with E-state index < -0.39 is 17.8 Å². The molecule has 3 aromatic rings. The molecule has 0 aromatic heterocycles. The van der Waals surface area contributed by atoms with E-state index >= 15 is 0 Å². The summed E-state index contributed by atoms with van der Waals surface area (Å²) in [5, 5.41) is 0. The molecule has 1 saturated heterocycles. The van der Waals surface area contributed by atoms with E-state index in [0.29, 0.717) is 35.0 Å². The summed E-state index contributed by atoms with van der Waals surface area (Å²) in [6.45, 7) is 2.22. The second-order valence-corrected chi connectivity index (χ2v) is 7.13. The summed E-state index contributed by atoms with van der Waals surface area (Å²) < 4.78 is 11.0. The van der Waals surface area contributed by atoms with E-state index in [-0.39, 0.29) is 5.57 Å². The van der Waals surface area contributed by atoms with E-state index in [1.54, 1.807) is 86.0 Å². The molecule has 1 aliphatic heterocycles. The smallest absolute Gasteiger partial charge is 0.343 e. The van der Waals surface area contributed by atoms with Crippen LogP contribution in [0.5, 0.6) is 11.5 Å². The third kappa shape index (κ3) is 4.21. The number of imide groups is 2. The van der Waals surface area contributed by atoms with Gasteiger partial charge in [0.05, 0.1) is 25.1 Å². The minimum Gasteiger partial charge on any atom is -0.497 e. The number of carbonyl (C=O) groups excluding carboxylic acids is 3. The average molecular weight is 442 g/mol. The molecule has 0 N–H and O–H groups in total. The number of methoxy groups -OCH3 is 1. The van der Waals surface area contributed by atoms with Gasteiger partial charge in [-0.2, -0.15) is 0 Å². The van der Waals surface area contributed by atoms with Crippen molar-refractivity contribution in [2.75, 3.05) is 23.5 Å². The number of anilines is 2. The fourth-order valence-electron chi connectivity index (χ4n) is 3.54. The monoisotopic (exact) mass is 442 g/mol. The van der Waals surface area contributed by atoms with Crippen LogP contribution in [0.25, 0.3) is 6.08 Å². The van der Waals surface area contributed by atoms with Gasteiger partial charge in [-0.1, -0.05) is 36.4 Å². The molecule has 0 radical (unpaired) electrons. The highest BCUT2D eigenvalue weighted by molar-refractivity contribution is 6.46. The quantitative estimate of drug-likeness (QED) is 0.409. The second-order valence-electron chi connectivity index (χ2n) is 7.13. The number of ether oxygens (including phenoxy) is 2. The zero-order chi connectivity index (χ0) is 23.4. The van der Waals surface area contributed by atoms with Gasteiger partial charge >= 0.3 is 6.03 Å². The fourth-order valence-corrected chi connectivity index (χ4v) is 3.54. The van der Waals surface area contributed by atoms with Gasteiger partial charge in [-0.3, -0.25) is 9.59 Å². The van der Waals surface area contributed by atoms with Crippen molar-refractivity contribution >= 4 is 35.3 Å². The van der Waals surface area contributed by atoms with E-state index in [1.807, 2.05) is 6.92 Å². The summed E-state index contributed by atoms with van der Waals surface area (Å²) in [5.74, 6) is -0.378. The van der Waals surface area contributed by atoms with Crippen LogP contribution in [-0.2, 0) is 9.59 Å². The number of carbonyl (C=O) groups is 3. The lowest BCUT2D eigenvalue weighted by atomic mass is 10.0. The minimum absolute atomic E-state index is 0.159. The highest BCUT2D eigenvalue weighted by atomic mass is 16.5. The highest BCUT2D eigenvalue weighted by Gasteiger charge is 2.43. The number of benzene rings is 3. The number of barbiturate groups is 1. The van der Waals surface area contributed by atoms with Crippen molar-refractivity contribution in [3.05, 3.63) is 90.0 Å². The molecule has 4 rings (SSSR count). The van der Waals surface area contributed by atoms with Crippen LogP contribution in [0.1, 0.15) is 12.5 Å². The van der Waals surface area contributed by atoms with Crippen LogP contribution in [-0.4, -0.2) is 31.6 Å². The Morgan fingerprint density at radius 2 is 1.33 bits per heavy atom. The number of hydrogen-bond acceptors (Lipinski definition) is 5. The number of nitrogens with zero attached hydrogens (tertiary/aromatic N) is 2. The molecule has 0 atom stereocenters.